The Labute approximate surface area is 197 Å². The van der Waals surface area contributed by atoms with Crippen LogP contribution in [0.2, 0.25) is 0 Å². The van der Waals surface area contributed by atoms with Crippen LogP contribution in [0.15, 0.2) is 42.5 Å². The molecule has 0 saturated heterocycles. The smallest absolute Gasteiger partial charge is 0.418 e. The quantitative estimate of drug-likeness (QED) is 0.243. The van der Waals surface area contributed by atoms with Gasteiger partial charge in [0.25, 0.3) is 0 Å². The molecule has 180 valence electrons. The summed E-state index contributed by atoms with van der Waals surface area (Å²) in [6.45, 7) is 15.0. The van der Waals surface area contributed by atoms with Gasteiger partial charge < -0.3 is 18.8 Å². The van der Waals surface area contributed by atoms with Crippen LogP contribution < -0.4 is 9.68 Å². The summed E-state index contributed by atoms with van der Waals surface area (Å²) < 4.78 is 11.0. The van der Waals surface area contributed by atoms with Gasteiger partial charge in [0.15, 0.2) is 0 Å². The summed E-state index contributed by atoms with van der Waals surface area (Å²) in [5.74, 6) is 0.551. The van der Waals surface area contributed by atoms with Crippen molar-refractivity contribution in [3.05, 3.63) is 42.5 Å². The van der Waals surface area contributed by atoms with E-state index in [1.165, 1.54) is 89.1 Å². The van der Waals surface area contributed by atoms with Gasteiger partial charge in [-0.25, -0.2) is 0 Å². The van der Waals surface area contributed by atoms with E-state index in [0.717, 1.165) is 10.8 Å². The maximum absolute atomic E-state index is 11.1. The highest BCUT2D eigenvalue weighted by Gasteiger charge is 2.24. The largest absolute Gasteiger partial charge is 0.820 e. The number of rotatable bonds is 15. The molecule has 2 aromatic rings. The lowest BCUT2D eigenvalue weighted by Crippen LogP contribution is -2.50. The second kappa shape index (κ2) is 17.0. The molecular formula is C27H46BNO3. The minimum atomic E-state index is -1.48. The van der Waals surface area contributed by atoms with Gasteiger partial charge in [0, 0.05) is 12.5 Å². The molecular weight excluding hydrogens is 397 g/mol. The highest BCUT2D eigenvalue weighted by molar-refractivity contribution is 6.33. The predicted octanol–water partition coefficient (Wildman–Crippen LogP) is 6.21. The molecule has 0 heterocycles. The third kappa shape index (κ3) is 10.4. The van der Waals surface area contributed by atoms with E-state index in [1.807, 2.05) is 36.4 Å². The minimum absolute atomic E-state index is 0.551. The van der Waals surface area contributed by atoms with Crippen molar-refractivity contribution < 1.29 is 18.8 Å². The van der Waals surface area contributed by atoms with E-state index >= 15 is 0 Å². The van der Waals surface area contributed by atoms with Crippen molar-refractivity contribution in [2.75, 3.05) is 33.3 Å². The molecule has 0 aliphatic carbocycles. The number of unbranched alkanes of at least 4 members (excludes halogenated alkanes) is 4. The molecule has 0 N–H and O–H groups in total. The fraction of sp³-hybridized carbons (Fsp3) is 0.630. The summed E-state index contributed by atoms with van der Waals surface area (Å²) >= 11 is 0. The van der Waals surface area contributed by atoms with E-state index in [-0.39, 0.29) is 0 Å². The number of hydrogen-bond acceptors (Lipinski definition) is 3. The molecule has 0 aliphatic rings. The Bertz CT molecular complexity index is 682. The maximum Gasteiger partial charge on any atom is 0.418 e. The summed E-state index contributed by atoms with van der Waals surface area (Å²) in [6.07, 6.45) is 11.1. The predicted molar refractivity (Wildman–Crippen MR) is 137 cm³/mol. The van der Waals surface area contributed by atoms with Gasteiger partial charge in [-0.1, -0.05) is 89.8 Å². The van der Waals surface area contributed by atoms with Crippen LogP contribution in [0.4, 0.5) is 0 Å². The SMILES string of the molecule is CCCC[N+](CCCC)(CCCC)CCCC.COB([O-])Oc1cccc2ccccc12. The van der Waals surface area contributed by atoms with E-state index in [9.17, 15) is 5.02 Å². The van der Waals surface area contributed by atoms with Gasteiger partial charge >= 0.3 is 7.32 Å². The lowest BCUT2D eigenvalue weighted by atomic mass is 10.1. The molecule has 2 rings (SSSR count). The van der Waals surface area contributed by atoms with Crippen LogP contribution in [0.5, 0.6) is 5.75 Å². The van der Waals surface area contributed by atoms with Crippen molar-refractivity contribution in [3.63, 3.8) is 0 Å². The van der Waals surface area contributed by atoms with Crippen LogP contribution in [0.3, 0.4) is 0 Å². The Morgan fingerprint density at radius 2 is 1.19 bits per heavy atom. The molecule has 0 radical (unpaired) electrons. The molecule has 0 aliphatic heterocycles. The molecule has 32 heavy (non-hydrogen) atoms. The molecule has 0 amide bonds. The van der Waals surface area contributed by atoms with Crippen molar-refractivity contribution in [3.8, 4) is 5.75 Å². The lowest BCUT2D eigenvalue weighted by Gasteiger charge is -2.39. The second-order valence-corrected chi connectivity index (χ2v) is 8.77. The van der Waals surface area contributed by atoms with Crippen LogP contribution in [-0.2, 0) is 4.65 Å². The molecule has 4 nitrogen and oxygen atoms in total. The Morgan fingerprint density at radius 1 is 0.719 bits per heavy atom. The molecule has 0 atom stereocenters. The molecule has 0 aromatic heterocycles. The number of nitrogens with zero attached hydrogens (tertiary/aromatic N) is 1. The van der Waals surface area contributed by atoms with Crippen LogP contribution in [0.1, 0.15) is 79.1 Å². The molecule has 2 aromatic carbocycles. The van der Waals surface area contributed by atoms with Crippen LogP contribution in [0, 0.1) is 0 Å². The lowest BCUT2D eigenvalue weighted by molar-refractivity contribution is -0.929. The first kappa shape index (κ1) is 28.5. The fourth-order valence-electron chi connectivity index (χ4n) is 4.10. The molecule has 0 fully saturated rings. The average Bonchev–Trinajstić information content (AvgIpc) is 2.83. The summed E-state index contributed by atoms with van der Waals surface area (Å²) in [4.78, 5) is 0. The van der Waals surface area contributed by atoms with Crippen LogP contribution >= 0.6 is 0 Å². The Kier molecular flexibility index (Phi) is 15.1. The molecule has 0 unspecified atom stereocenters. The normalized spacial score (nSPS) is 11.2. The standard InChI is InChI=1S/C16H36N.C11H10BO3/c1-5-9-13-17(14-10-6-2,15-11-7-3)16-12-8-4;1-14-12(13)15-11-8-4-6-9-5-2-3-7-10(9)11/h5-16H2,1-4H3;2-8H,1H3/q+1;-1. The average molecular weight is 443 g/mol. The van der Waals surface area contributed by atoms with E-state index in [1.54, 1.807) is 6.07 Å². The first-order valence-corrected chi connectivity index (χ1v) is 12.7. The van der Waals surface area contributed by atoms with Crippen LogP contribution in [0.25, 0.3) is 10.8 Å². The van der Waals surface area contributed by atoms with E-state index < -0.39 is 7.32 Å². The number of hydrogen-bond donors (Lipinski definition) is 0. The Morgan fingerprint density at radius 3 is 1.66 bits per heavy atom. The number of fused-ring (bicyclic) bond motifs is 1. The third-order valence-electron chi connectivity index (χ3n) is 6.11. The first-order valence-electron chi connectivity index (χ1n) is 12.7. The van der Waals surface area contributed by atoms with Crippen molar-refractivity contribution in [1.82, 2.24) is 0 Å². The molecule has 0 bridgehead atoms. The second-order valence-electron chi connectivity index (χ2n) is 8.77. The summed E-state index contributed by atoms with van der Waals surface area (Å²) in [5, 5.41) is 13.0. The summed E-state index contributed by atoms with van der Waals surface area (Å²) in [5.41, 5.74) is 0. The third-order valence-corrected chi connectivity index (χ3v) is 6.11. The zero-order valence-electron chi connectivity index (χ0n) is 21.3. The van der Waals surface area contributed by atoms with Crippen molar-refractivity contribution in [2.45, 2.75) is 79.1 Å². The number of quaternary nitrogens is 1. The fourth-order valence-corrected chi connectivity index (χ4v) is 4.10. The zero-order valence-corrected chi connectivity index (χ0v) is 21.3. The molecule has 0 spiro atoms. The van der Waals surface area contributed by atoms with Crippen molar-refractivity contribution in [1.29, 1.82) is 0 Å². The van der Waals surface area contributed by atoms with Gasteiger partial charge in [-0.15, -0.1) is 0 Å². The summed E-state index contributed by atoms with van der Waals surface area (Å²) in [7, 11) is -0.154. The van der Waals surface area contributed by atoms with E-state index in [2.05, 4.69) is 32.3 Å². The highest BCUT2D eigenvalue weighted by atomic mass is 16.7. The van der Waals surface area contributed by atoms with Gasteiger partial charge in [0.2, 0.25) is 0 Å². The maximum atomic E-state index is 11.1. The Balaban J connectivity index is 0.000000321. The molecule has 0 saturated carbocycles. The van der Waals surface area contributed by atoms with Crippen LogP contribution in [-0.4, -0.2) is 45.1 Å². The monoisotopic (exact) mass is 443 g/mol. The number of benzene rings is 2. The van der Waals surface area contributed by atoms with Gasteiger partial charge in [-0.05, 0) is 37.1 Å². The summed E-state index contributed by atoms with van der Waals surface area (Å²) in [6, 6.07) is 13.3. The van der Waals surface area contributed by atoms with Gasteiger partial charge in [-0.2, -0.15) is 0 Å². The first-order chi connectivity index (χ1) is 15.6. The van der Waals surface area contributed by atoms with E-state index in [4.69, 9.17) is 4.65 Å². The highest BCUT2D eigenvalue weighted by Crippen LogP contribution is 2.25. The molecule has 5 heteroatoms. The van der Waals surface area contributed by atoms with Gasteiger partial charge in [0.05, 0.1) is 26.2 Å². The topological polar surface area (TPSA) is 41.5 Å². The van der Waals surface area contributed by atoms with Crippen molar-refractivity contribution >= 4 is 18.1 Å². The Hall–Kier alpha value is -1.56. The van der Waals surface area contributed by atoms with Gasteiger partial charge in [-0.3, -0.25) is 0 Å². The van der Waals surface area contributed by atoms with E-state index in [0.29, 0.717) is 5.75 Å². The zero-order chi connectivity index (χ0) is 23.7. The van der Waals surface area contributed by atoms with Crippen molar-refractivity contribution in [2.24, 2.45) is 0 Å². The van der Waals surface area contributed by atoms with Gasteiger partial charge in [0.1, 0.15) is 5.75 Å². The minimum Gasteiger partial charge on any atom is -0.820 e.